The minimum absolute atomic E-state index is 0.169. The van der Waals surface area contributed by atoms with E-state index in [1.54, 1.807) is 0 Å². The zero-order valence-corrected chi connectivity index (χ0v) is 9.42. The molecular formula is C12H11N3O3. The maximum Gasteiger partial charge on any atom is 0.413 e. The van der Waals surface area contributed by atoms with Crippen LogP contribution in [-0.4, -0.2) is 16.1 Å². The van der Waals surface area contributed by atoms with Crippen molar-refractivity contribution in [2.45, 2.75) is 6.61 Å². The van der Waals surface area contributed by atoms with Gasteiger partial charge in [0.15, 0.2) is 0 Å². The fourth-order valence-corrected chi connectivity index (χ4v) is 1.31. The largest absolute Gasteiger partial charge is 0.444 e. The van der Waals surface area contributed by atoms with Crippen LogP contribution in [-0.2, 0) is 11.3 Å². The van der Waals surface area contributed by atoms with Crippen molar-refractivity contribution in [2.24, 2.45) is 0 Å². The molecule has 0 aliphatic heterocycles. The zero-order valence-electron chi connectivity index (χ0n) is 9.42. The van der Waals surface area contributed by atoms with Crippen molar-refractivity contribution in [1.82, 2.24) is 9.97 Å². The third kappa shape index (κ3) is 3.44. The van der Waals surface area contributed by atoms with Crippen molar-refractivity contribution >= 4 is 11.9 Å². The Labute approximate surface area is 103 Å². The van der Waals surface area contributed by atoms with Crippen LogP contribution in [0, 0.1) is 0 Å². The molecular weight excluding hydrogens is 234 g/mol. The summed E-state index contributed by atoms with van der Waals surface area (Å²) in [6, 6.07) is 10.8. The summed E-state index contributed by atoms with van der Waals surface area (Å²) in [6.07, 6.45) is 0.659. The predicted molar refractivity (Wildman–Crippen MR) is 65.1 cm³/mol. The van der Waals surface area contributed by atoms with Crippen LogP contribution >= 0.6 is 0 Å². The number of rotatable bonds is 3. The van der Waals surface area contributed by atoms with Gasteiger partial charge in [0.05, 0.1) is 0 Å². The molecule has 0 aliphatic carbocycles. The quantitative estimate of drug-likeness (QED) is 0.858. The Kier molecular flexibility index (Phi) is 3.70. The topological polar surface area (TPSA) is 84.1 Å². The predicted octanol–water partition coefficient (Wildman–Crippen LogP) is 1.52. The van der Waals surface area contributed by atoms with Gasteiger partial charge in [-0.05, 0) is 11.6 Å². The molecule has 6 heteroatoms. The lowest BCUT2D eigenvalue weighted by atomic mass is 10.2. The van der Waals surface area contributed by atoms with Crippen molar-refractivity contribution in [1.29, 1.82) is 0 Å². The van der Waals surface area contributed by atoms with Crippen LogP contribution in [0.5, 0.6) is 0 Å². The highest BCUT2D eigenvalue weighted by Crippen LogP contribution is 2.02. The maximum atomic E-state index is 11.4. The third-order valence-electron chi connectivity index (χ3n) is 2.12. The monoisotopic (exact) mass is 245 g/mol. The van der Waals surface area contributed by atoms with E-state index in [0.717, 1.165) is 5.56 Å². The first-order valence-corrected chi connectivity index (χ1v) is 5.27. The number of nitrogens with one attached hydrogen (secondary N) is 2. The lowest BCUT2D eigenvalue weighted by Crippen LogP contribution is -2.18. The molecule has 1 amide bonds. The second kappa shape index (κ2) is 5.62. The molecule has 0 saturated carbocycles. The Balaban J connectivity index is 1.88. The van der Waals surface area contributed by atoms with E-state index >= 15 is 0 Å². The number of hydrogen-bond acceptors (Lipinski definition) is 4. The minimum Gasteiger partial charge on any atom is -0.444 e. The van der Waals surface area contributed by atoms with E-state index in [4.69, 9.17) is 4.74 Å². The maximum absolute atomic E-state index is 11.4. The summed E-state index contributed by atoms with van der Waals surface area (Å²) in [6.45, 7) is 0.169. The number of anilines is 1. The Morgan fingerprint density at radius 1 is 1.28 bits per heavy atom. The number of hydrogen-bond donors (Lipinski definition) is 2. The first-order valence-electron chi connectivity index (χ1n) is 5.27. The summed E-state index contributed by atoms with van der Waals surface area (Å²) in [5.41, 5.74) is 0.353. The number of carbonyl (C=O) groups excluding carboxylic acids is 1. The third-order valence-corrected chi connectivity index (χ3v) is 2.12. The average Bonchev–Trinajstić information content (AvgIpc) is 2.38. The second-order valence-corrected chi connectivity index (χ2v) is 3.48. The SMILES string of the molecule is O=C(Nc1ccnc(=O)[nH]1)OCc1ccccc1. The number of nitrogens with zero attached hydrogens (tertiary/aromatic N) is 1. The Hall–Kier alpha value is -2.63. The Bertz CT molecular complexity index is 580. The molecule has 0 atom stereocenters. The van der Waals surface area contributed by atoms with Gasteiger partial charge in [0.25, 0.3) is 0 Å². The van der Waals surface area contributed by atoms with Gasteiger partial charge in [0.1, 0.15) is 12.4 Å². The zero-order chi connectivity index (χ0) is 12.8. The van der Waals surface area contributed by atoms with Gasteiger partial charge in [0, 0.05) is 6.20 Å². The molecule has 0 aliphatic rings. The number of aromatic amines is 1. The first-order chi connectivity index (χ1) is 8.74. The fourth-order valence-electron chi connectivity index (χ4n) is 1.31. The Morgan fingerprint density at radius 3 is 2.78 bits per heavy atom. The van der Waals surface area contributed by atoms with Crippen LogP contribution in [0.25, 0.3) is 0 Å². The van der Waals surface area contributed by atoms with Crippen LogP contribution < -0.4 is 11.0 Å². The van der Waals surface area contributed by atoms with Crippen LogP contribution in [0.15, 0.2) is 47.4 Å². The molecule has 6 nitrogen and oxygen atoms in total. The van der Waals surface area contributed by atoms with E-state index in [1.165, 1.54) is 12.3 Å². The summed E-state index contributed by atoms with van der Waals surface area (Å²) in [7, 11) is 0. The van der Waals surface area contributed by atoms with E-state index in [0.29, 0.717) is 0 Å². The van der Waals surface area contributed by atoms with E-state index in [1.807, 2.05) is 30.3 Å². The van der Waals surface area contributed by atoms with Crippen molar-refractivity contribution in [3.8, 4) is 0 Å². The van der Waals surface area contributed by atoms with E-state index in [-0.39, 0.29) is 12.4 Å². The lowest BCUT2D eigenvalue weighted by molar-refractivity contribution is 0.155. The van der Waals surface area contributed by atoms with Gasteiger partial charge in [-0.1, -0.05) is 30.3 Å². The number of amides is 1. The number of benzene rings is 1. The fraction of sp³-hybridized carbons (Fsp3) is 0.0833. The molecule has 0 radical (unpaired) electrons. The molecule has 0 fully saturated rings. The highest BCUT2D eigenvalue weighted by atomic mass is 16.5. The molecule has 0 unspecified atom stereocenters. The van der Waals surface area contributed by atoms with Gasteiger partial charge in [-0.3, -0.25) is 10.3 Å². The normalized spacial score (nSPS) is 9.78. The molecule has 92 valence electrons. The van der Waals surface area contributed by atoms with Gasteiger partial charge < -0.3 is 4.74 Å². The van der Waals surface area contributed by atoms with Gasteiger partial charge in [0.2, 0.25) is 0 Å². The summed E-state index contributed by atoms with van der Waals surface area (Å²) in [5.74, 6) is 0.244. The summed E-state index contributed by atoms with van der Waals surface area (Å²) >= 11 is 0. The molecule has 2 aromatic rings. The highest BCUT2D eigenvalue weighted by molar-refractivity contribution is 5.83. The Morgan fingerprint density at radius 2 is 2.06 bits per heavy atom. The summed E-state index contributed by atoms with van der Waals surface area (Å²) < 4.78 is 4.98. The van der Waals surface area contributed by atoms with Crippen molar-refractivity contribution in [2.75, 3.05) is 5.32 Å². The minimum atomic E-state index is -0.638. The van der Waals surface area contributed by atoms with Crippen LogP contribution in [0.2, 0.25) is 0 Å². The number of ether oxygens (including phenoxy) is 1. The highest BCUT2D eigenvalue weighted by Gasteiger charge is 2.03. The van der Waals surface area contributed by atoms with Gasteiger partial charge in [-0.2, -0.15) is 0 Å². The summed E-state index contributed by atoms with van der Waals surface area (Å²) in [4.78, 5) is 28.1. The van der Waals surface area contributed by atoms with Crippen molar-refractivity contribution in [3.63, 3.8) is 0 Å². The molecule has 1 aromatic heterocycles. The van der Waals surface area contributed by atoms with E-state index in [2.05, 4.69) is 15.3 Å². The molecule has 1 heterocycles. The smallest absolute Gasteiger partial charge is 0.413 e. The van der Waals surface area contributed by atoms with E-state index in [9.17, 15) is 9.59 Å². The molecule has 2 N–H and O–H groups in total. The van der Waals surface area contributed by atoms with Crippen molar-refractivity contribution < 1.29 is 9.53 Å². The molecule has 1 aromatic carbocycles. The van der Waals surface area contributed by atoms with E-state index < -0.39 is 11.8 Å². The molecule has 0 saturated heterocycles. The summed E-state index contributed by atoms with van der Waals surface area (Å²) in [5, 5.41) is 2.40. The number of carbonyl (C=O) groups is 1. The average molecular weight is 245 g/mol. The second-order valence-electron chi connectivity index (χ2n) is 3.48. The molecule has 0 spiro atoms. The van der Waals surface area contributed by atoms with Gasteiger partial charge in [-0.15, -0.1) is 0 Å². The van der Waals surface area contributed by atoms with Crippen LogP contribution in [0.3, 0.4) is 0 Å². The van der Waals surface area contributed by atoms with Gasteiger partial charge in [-0.25, -0.2) is 14.6 Å². The number of H-pyrrole nitrogens is 1. The number of aromatic nitrogens is 2. The molecule has 0 bridgehead atoms. The molecule has 2 rings (SSSR count). The molecule has 18 heavy (non-hydrogen) atoms. The van der Waals surface area contributed by atoms with Crippen LogP contribution in [0.4, 0.5) is 10.6 Å². The van der Waals surface area contributed by atoms with Gasteiger partial charge >= 0.3 is 11.8 Å². The lowest BCUT2D eigenvalue weighted by Gasteiger charge is -2.06. The van der Waals surface area contributed by atoms with Crippen molar-refractivity contribution in [3.05, 3.63) is 58.6 Å². The standard InChI is InChI=1S/C12H11N3O3/c16-11-13-7-6-10(14-11)15-12(17)18-8-9-4-2-1-3-5-9/h1-7H,8H2,(H2,13,14,15,16,17). The first kappa shape index (κ1) is 11.8. The van der Waals surface area contributed by atoms with Crippen LogP contribution in [0.1, 0.15) is 5.56 Å².